The second kappa shape index (κ2) is 9.49. The van der Waals surface area contributed by atoms with E-state index in [1.807, 2.05) is 0 Å². The van der Waals surface area contributed by atoms with Gasteiger partial charge in [-0.2, -0.15) is 5.10 Å². The summed E-state index contributed by atoms with van der Waals surface area (Å²) in [7, 11) is 0. The molecule has 1 N–H and O–H groups in total. The van der Waals surface area contributed by atoms with Crippen LogP contribution in [-0.2, 0) is 11.3 Å². The molecule has 0 spiro atoms. The van der Waals surface area contributed by atoms with Gasteiger partial charge in [-0.3, -0.25) is 4.79 Å². The summed E-state index contributed by atoms with van der Waals surface area (Å²) < 4.78 is 41.6. The third-order valence-electron chi connectivity index (χ3n) is 4.75. The third kappa shape index (κ3) is 5.07. The Bertz CT molecular complexity index is 1440. The Hall–Kier alpha value is -4.60. The van der Waals surface area contributed by atoms with Gasteiger partial charge in [0.05, 0.1) is 12.2 Å². The van der Waals surface area contributed by atoms with Gasteiger partial charge in [0, 0.05) is 41.2 Å². The highest BCUT2D eigenvalue weighted by Gasteiger charge is 2.13. The van der Waals surface area contributed by atoms with Gasteiger partial charge in [0.15, 0.2) is 23.3 Å². The van der Waals surface area contributed by atoms with Crippen molar-refractivity contribution in [2.75, 3.05) is 0 Å². The first-order valence-corrected chi connectivity index (χ1v) is 9.85. The molecule has 2 aromatic heterocycles. The lowest BCUT2D eigenvalue weighted by Crippen LogP contribution is -2.22. The number of hydrogen-bond acceptors (Lipinski definition) is 5. The van der Waals surface area contributed by atoms with Crippen LogP contribution in [0.25, 0.3) is 28.7 Å². The minimum absolute atomic E-state index is 0.00987. The minimum atomic E-state index is -1.58. The summed E-state index contributed by atoms with van der Waals surface area (Å²) in [6, 6.07) is 11.1. The van der Waals surface area contributed by atoms with Crippen molar-refractivity contribution in [3.05, 3.63) is 106 Å². The highest BCUT2D eigenvalue weighted by atomic mass is 19.2. The van der Waals surface area contributed by atoms with Crippen molar-refractivity contribution < 1.29 is 23.1 Å². The summed E-state index contributed by atoms with van der Waals surface area (Å²) in [5, 5.41) is 12.9. The Morgan fingerprint density at radius 3 is 2.35 bits per heavy atom. The molecule has 2 heterocycles. The zero-order chi connectivity index (χ0) is 24.2. The van der Waals surface area contributed by atoms with Crippen LogP contribution in [0.4, 0.5) is 13.2 Å². The molecule has 0 amide bonds. The monoisotopic (exact) mass is 464 g/mol. The maximum Gasteiger partial charge on any atom is 0.328 e. The molecule has 0 radical (unpaired) electrons. The Balaban J connectivity index is 1.60. The summed E-state index contributed by atoms with van der Waals surface area (Å²) in [6.45, 7) is 0.0477. The summed E-state index contributed by atoms with van der Waals surface area (Å²) in [5.74, 6) is -4.99. The Morgan fingerprint density at radius 1 is 0.971 bits per heavy atom. The smallest absolute Gasteiger partial charge is 0.328 e. The molecule has 0 fully saturated rings. The van der Waals surface area contributed by atoms with Gasteiger partial charge >= 0.3 is 5.97 Å². The topological polar surface area (TPSA) is 98.0 Å². The maximum absolute atomic E-state index is 13.6. The van der Waals surface area contributed by atoms with Crippen molar-refractivity contribution in [3.63, 3.8) is 0 Å². The van der Waals surface area contributed by atoms with Crippen LogP contribution in [0.2, 0.25) is 0 Å². The first-order chi connectivity index (χ1) is 16.3. The molecule has 0 bridgehead atoms. The second-order valence-corrected chi connectivity index (χ2v) is 7.18. The average Bonchev–Trinajstić information content (AvgIpc) is 2.83. The lowest BCUT2D eigenvalue weighted by atomic mass is 10.1. The lowest BCUT2D eigenvalue weighted by Gasteiger charge is -2.09. The molecule has 0 aliphatic heterocycles. The molecule has 0 saturated carbocycles. The van der Waals surface area contributed by atoms with E-state index in [4.69, 9.17) is 5.11 Å². The lowest BCUT2D eigenvalue weighted by molar-refractivity contribution is -0.131. The first kappa shape index (κ1) is 22.6. The van der Waals surface area contributed by atoms with Crippen LogP contribution in [0.1, 0.15) is 11.1 Å². The number of carboxylic acid groups (broad SMARTS) is 1. The number of aromatic nitrogens is 4. The number of aliphatic carboxylic acids is 1. The second-order valence-electron chi connectivity index (χ2n) is 7.18. The zero-order valence-corrected chi connectivity index (χ0v) is 17.3. The number of hydrogen-bond donors (Lipinski definition) is 1. The van der Waals surface area contributed by atoms with Crippen LogP contribution in [-0.4, -0.2) is 30.8 Å². The maximum atomic E-state index is 13.6. The van der Waals surface area contributed by atoms with E-state index in [2.05, 4.69) is 15.1 Å². The Kier molecular flexibility index (Phi) is 6.30. The van der Waals surface area contributed by atoms with Crippen LogP contribution >= 0.6 is 0 Å². The SMILES string of the molecule is O=C(O)C=Cc1cnc(-c2cccc(Cn3nc(-c4cc(F)c(F)c(F)c4)ccc3=O)c2)nc1. The Morgan fingerprint density at radius 2 is 1.68 bits per heavy atom. The van der Waals surface area contributed by atoms with E-state index in [9.17, 15) is 22.8 Å². The van der Waals surface area contributed by atoms with Crippen molar-refractivity contribution in [1.82, 2.24) is 19.7 Å². The number of halogens is 3. The van der Waals surface area contributed by atoms with Gasteiger partial charge in [0.2, 0.25) is 0 Å². The first-order valence-electron chi connectivity index (χ1n) is 9.85. The zero-order valence-electron chi connectivity index (χ0n) is 17.3. The van der Waals surface area contributed by atoms with Gasteiger partial charge in [-0.05, 0) is 35.9 Å². The van der Waals surface area contributed by atoms with Crippen molar-refractivity contribution in [3.8, 4) is 22.6 Å². The van der Waals surface area contributed by atoms with E-state index in [1.165, 1.54) is 30.6 Å². The van der Waals surface area contributed by atoms with Crippen LogP contribution in [0, 0.1) is 17.5 Å². The average molecular weight is 464 g/mol. The van der Waals surface area contributed by atoms with E-state index in [0.717, 1.165) is 22.9 Å². The molecular weight excluding hydrogens is 449 g/mol. The summed E-state index contributed by atoms with van der Waals surface area (Å²) >= 11 is 0. The Labute approximate surface area is 190 Å². The van der Waals surface area contributed by atoms with E-state index in [-0.39, 0.29) is 17.8 Å². The quantitative estimate of drug-likeness (QED) is 0.343. The van der Waals surface area contributed by atoms with E-state index < -0.39 is 29.0 Å². The summed E-state index contributed by atoms with van der Waals surface area (Å²) in [5.41, 5.74) is 1.50. The highest BCUT2D eigenvalue weighted by molar-refractivity contribution is 5.85. The predicted octanol–water partition coefficient (Wildman–Crippen LogP) is 3.93. The summed E-state index contributed by atoms with van der Waals surface area (Å²) in [6.07, 6.45) is 5.30. The van der Waals surface area contributed by atoms with Gasteiger partial charge < -0.3 is 5.11 Å². The molecular formula is C24H15F3N4O3. The third-order valence-corrected chi connectivity index (χ3v) is 4.75. The van der Waals surface area contributed by atoms with E-state index in [0.29, 0.717) is 22.5 Å². The molecule has 0 saturated heterocycles. The number of carbonyl (C=O) groups is 1. The summed E-state index contributed by atoms with van der Waals surface area (Å²) in [4.78, 5) is 31.4. The molecule has 170 valence electrons. The molecule has 10 heteroatoms. The van der Waals surface area contributed by atoms with Crippen LogP contribution < -0.4 is 5.56 Å². The predicted molar refractivity (Wildman–Crippen MR) is 117 cm³/mol. The normalized spacial score (nSPS) is 11.1. The van der Waals surface area contributed by atoms with E-state index >= 15 is 0 Å². The van der Waals surface area contributed by atoms with Gasteiger partial charge in [-0.1, -0.05) is 18.2 Å². The van der Waals surface area contributed by atoms with Crippen molar-refractivity contribution in [1.29, 1.82) is 0 Å². The fraction of sp³-hybridized carbons (Fsp3) is 0.0417. The molecule has 0 aliphatic rings. The minimum Gasteiger partial charge on any atom is -0.478 e. The van der Waals surface area contributed by atoms with E-state index in [1.54, 1.807) is 24.3 Å². The molecule has 34 heavy (non-hydrogen) atoms. The van der Waals surface area contributed by atoms with Gasteiger partial charge in [-0.25, -0.2) is 32.6 Å². The highest BCUT2D eigenvalue weighted by Crippen LogP contribution is 2.22. The molecule has 4 aromatic rings. The molecule has 7 nitrogen and oxygen atoms in total. The largest absolute Gasteiger partial charge is 0.478 e. The van der Waals surface area contributed by atoms with Crippen LogP contribution in [0.15, 0.2) is 71.8 Å². The molecule has 0 atom stereocenters. The fourth-order valence-corrected chi connectivity index (χ4v) is 3.14. The molecule has 0 unspecified atom stereocenters. The molecule has 2 aromatic carbocycles. The van der Waals surface area contributed by atoms with Crippen molar-refractivity contribution in [2.24, 2.45) is 0 Å². The van der Waals surface area contributed by atoms with Crippen LogP contribution in [0.3, 0.4) is 0 Å². The number of benzene rings is 2. The van der Waals surface area contributed by atoms with Gasteiger partial charge in [0.25, 0.3) is 5.56 Å². The van der Waals surface area contributed by atoms with Gasteiger partial charge in [0.1, 0.15) is 0 Å². The van der Waals surface area contributed by atoms with Crippen molar-refractivity contribution >= 4 is 12.0 Å². The number of nitrogens with zero attached hydrogens (tertiary/aromatic N) is 4. The standard InChI is InChI=1S/C24H15F3N4O3/c25-18-9-17(10-19(26)23(18)27)20-5-6-21(32)31(30-20)13-14-2-1-3-16(8-14)24-28-11-15(12-29-24)4-7-22(33)34/h1-12H,13H2,(H,33,34). The molecule has 0 aliphatic carbocycles. The van der Waals surface area contributed by atoms with Gasteiger partial charge in [-0.15, -0.1) is 0 Å². The fourth-order valence-electron chi connectivity index (χ4n) is 3.14. The number of carboxylic acids is 1. The van der Waals surface area contributed by atoms with Crippen LogP contribution in [0.5, 0.6) is 0 Å². The molecule has 4 rings (SSSR count). The van der Waals surface area contributed by atoms with Crippen molar-refractivity contribution in [2.45, 2.75) is 6.54 Å². The number of rotatable bonds is 6.